The number of nitrogen functional groups attached to an aromatic ring is 1. The van der Waals surface area contributed by atoms with Crippen molar-refractivity contribution in [2.24, 2.45) is 0 Å². The summed E-state index contributed by atoms with van der Waals surface area (Å²) in [6.45, 7) is 4.71. The number of anilines is 1. The minimum Gasteiger partial charge on any atom is -0.397 e. The monoisotopic (exact) mass is 373 g/mol. The Bertz CT molecular complexity index is 920. The zero-order valence-corrected chi connectivity index (χ0v) is 15.7. The molecule has 1 amide bonds. The van der Waals surface area contributed by atoms with E-state index in [0.29, 0.717) is 34.5 Å². The summed E-state index contributed by atoms with van der Waals surface area (Å²) in [5.41, 5.74) is 8.75. The van der Waals surface area contributed by atoms with Crippen molar-refractivity contribution in [1.82, 2.24) is 10.3 Å². The minimum absolute atomic E-state index is 0.159. The standard InChI is InChI=1S/C19H20ClN3OS/c1-11(2)15-7-6-14-16(21)17(25-19(14)23-15)18(24)22-9-8-12-4-3-5-13(20)10-12/h3-7,10-11H,8-9,21H2,1-2H3,(H,22,24). The van der Waals surface area contributed by atoms with Crippen LogP contribution in [0.15, 0.2) is 36.4 Å². The van der Waals surface area contributed by atoms with Gasteiger partial charge in [-0.25, -0.2) is 4.98 Å². The molecule has 0 bridgehead atoms. The first-order valence-electron chi connectivity index (χ1n) is 8.17. The van der Waals surface area contributed by atoms with Crippen LogP contribution in [0.3, 0.4) is 0 Å². The lowest BCUT2D eigenvalue weighted by Crippen LogP contribution is -2.25. The molecule has 130 valence electrons. The van der Waals surface area contributed by atoms with Gasteiger partial charge in [-0.15, -0.1) is 11.3 Å². The van der Waals surface area contributed by atoms with E-state index in [1.807, 2.05) is 36.4 Å². The van der Waals surface area contributed by atoms with E-state index in [1.54, 1.807) is 0 Å². The molecule has 2 aromatic heterocycles. The number of benzene rings is 1. The van der Waals surface area contributed by atoms with Crippen molar-refractivity contribution in [3.63, 3.8) is 0 Å². The molecular weight excluding hydrogens is 354 g/mol. The van der Waals surface area contributed by atoms with Gasteiger partial charge in [0, 0.05) is 22.6 Å². The molecule has 0 fully saturated rings. The van der Waals surface area contributed by atoms with Crippen molar-refractivity contribution in [1.29, 1.82) is 0 Å². The number of hydrogen-bond donors (Lipinski definition) is 2. The van der Waals surface area contributed by atoms with E-state index in [9.17, 15) is 4.79 Å². The van der Waals surface area contributed by atoms with E-state index in [-0.39, 0.29) is 5.91 Å². The van der Waals surface area contributed by atoms with Gasteiger partial charge in [-0.1, -0.05) is 37.6 Å². The number of thiophene rings is 1. The molecule has 0 saturated carbocycles. The van der Waals surface area contributed by atoms with Gasteiger partial charge in [-0.3, -0.25) is 4.79 Å². The van der Waals surface area contributed by atoms with Crippen LogP contribution in [-0.4, -0.2) is 17.4 Å². The summed E-state index contributed by atoms with van der Waals surface area (Å²) >= 11 is 7.32. The average molecular weight is 374 g/mol. The zero-order valence-electron chi connectivity index (χ0n) is 14.2. The molecule has 0 aliphatic rings. The third-order valence-corrected chi connectivity index (χ3v) is 5.35. The number of halogens is 1. The summed E-state index contributed by atoms with van der Waals surface area (Å²) in [6, 6.07) is 11.5. The third kappa shape index (κ3) is 3.94. The first kappa shape index (κ1) is 17.7. The SMILES string of the molecule is CC(C)c1ccc2c(N)c(C(=O)NCCc3cccc(Cl)c3)sc2n1. The number of nitrogens with two attached hydrogens (primary N) is 1. The van der Waals surface area contributed by atoms with Crippen LogP contribution in [0.25, 0.3) is 10.2 Å². The summed E-state index contributed by atoms with van der Waals surface area (Å²) in [7, 11) is 0. The van der Waals surface area contributed by atoms with Crippen molar-refractivity contribution in [3.8, 4) is 0 Å². The lowest BCUT2D eigenvalue weighted by Gasteiger charge is -2.05. The van der Waals surface area contributed by atoms with Gasteiger partial charge in [0.1, 0.15) is 9.71 Å². The Morgan fingerprint density at radius 3 is 2.84 bits per heavy atom. The number of nitrogens with one attached hydrogen (secondary N) is 1. The molecule has 3 N–H and O–H groups in total. The maximum Gasteiger partial charge on any atom is 0.263 e. The molecule has 0 saturated heterocycles. The second-order valence-corrected chi connectivity index (χ2v) is 7.66. The number of carbonyl (C=O) groups is 1. The fraction of sp³-hybridized carbons (Fsp3) is 0.263. The second-order valence-electron chi connectivity index (χ2n) is 6.22. The van der Waals surface area contributed by atoms with Crippen LogP contribution in [0, 0.1) is 0 Å². The number of carbonyl (C=O) groups excluding carboxylic acids is 1. The van der Waals surface area contributed by atoms with E-state index < -0.39 is 0 Å². The summed E-state index contributed by atoms with van der Waals surface area (Å²) < 4.78 is 0. The third-order valence-electron chi connectivity index (χ3n) is 4.00. The van der Waals surface area contributed by atoms with Crippen molar-refractivity contribution in [2.75, 3.05) is 12.3 Å². The van der Waals surface area contributed by atoms with Gasteiger partial charge in [0.15, 0.2) is 0 Å². The highest BCUT2D eigenvalue weighted by Crippen LogP contribution is 2.33. The first-order chi connectivity index (χ1) is 12.0. The molecule has 0 unspecified atom stereocenters. The Balaban J connectivity index is 1.72. The van der Waals surface area contributed by atoms with Gasteiger partial charge in [-0.2, -0.15) is 0 Å². The molecule has 25 heavy (non-hydrogen) atoms. The van der Waals surface area contributed by atoms with Crippen LogP contribution in [0.4, 0.5) is 5.69 Å². The van der Waals surface area contributed by atoms with Crippen LogP contribution < -0.4 is 11.1 Å². The smallest absolute Gasteiger partial charge is 0.263 e. The Morgan fingerprint density at radius 2 is 2.12 bits per heavy atom. The maximum absolute atomic E-state index is 12.5. The first-order valence-corrected chi connectivity index (χ1v) is 9.36. The molecule has 1 aromatic carbocycles. The number of aromatic nitrogens is 1. The van der Waals surface area contributed by atoms with Crippen LogP contribution >= 0.6 is 22.9 Å². The molecule has 4 nitrogen and oxygen atoms in total. The fourth-order valence-corrected chi connectivity index (χ4v) is 3.82. The zero-order chi connectivity index (χ0) is 18.0. The largest absolute Gasteiger partial charge is 0.397 e. The number of rotatable bonds is 5. The van der Waals surface area contributed by atoms with Gasteiger partial charge in [0.05, 0.1) is 5.69 Å². The summed E-state index contributed by atoms with van der Waals surface area (Å²) in [5.74, 6) is 0.177. The molecule has 3 rings (SSSR count). The van der Waals surface area contributed by atoms with Crippen LogP contribution in [0.1, 0.15) is 40.7 Å². The number of fused-ring (bicyclic) bond motifs is 1. The molecule has 0 atom stereocenters. The van der Waals surface area contributed by atoms with Crippen LogP contribution in [0.2, 0.25) is 5.02 Å². The van der Waals surface area contributed by atoms with Crippen molar-refractivity contribution >= 4 is 44.7 Å². The molecule has 0 aliphatic carbocycles. The minimum atomic E-state index is -0.159. The van der Waals surface area contributed by atoms with Gasteiger partial charge in [0.25, 0.3) is 5.91 Å². The number of hydrogen-bond acceptors (Lipinski definition) is 4. The summed E-state index contributed by atoms with van der Waals surface area (Å²) in [4.78, 5) is 18.4. The molecule has 3 aromatic rings. The molecule has 0 spiro atoms. The molecule has 6 heteroatoms. The van der Waals surface area contributed by atoms with Crippen molar-refractivity contribution < 1.29 is 4.79 Å². The van der Waals surface area contributed by atoms with E-state index in [1.165, 1.54) is 11.3 Å². The van der Waals surface area contributed by atoms with Gasteiger partial charge < -0.3 is 11.1 Å². The normalized spacial score (nSPS) is 11.2. The van der Waals surface area contributed by atoms with E-state index >= 15 is 0 Å². The quantitative estimate of drug-likeness (QED) is 0.685. The Hall–Kier alpha value is -2.11. The Labute approximate surface area is 156 Å². The predicted molar refractivity (Wildman–Crippen MR) is 106 cm³/mol. The lowest BCUT2D eigenvalue weighted by molar-refractivity contribution is 0.0959. The maximum atomic E-state index is 12.5. The van der Waals surface area contributed by atoms with E-state index in [2.05, 4.69) is 24.1 Å². The fourth-order valence-electron chi connectivity index (χ4n) is 2.59. The molecule has 0 aliphatic heterocycles. The molecule has 0 radical (unpaired) electrons. The summed E-state index contributed by atoms with van der Waals surface area (Å²) in [5, 5.41) is 4.47. The van der Waals surface area contributed by atoms with Crippen molar-refractivity contribution in [2.45, 2.75) is 26.2 Å². The lowest BCUT2D eigenvalue weighted by atomic mass is 10.1. The highest BCUT2D eigenvalue weighted by molar-refractivity contribution is 7.21. The van der Waals surface area contributed by atoms with Gasteiger partial charge in [0.2, 0.25) is 0 Å². The highest BCUT2D eigenvalue weighted by Gasteiger charge is 2.17. The Morgan fingerprint density at radius 1 is 1.32 bits per heavy atom. The van der Waals surface area contributed by atoms with Gasteiger partial charge in [-0.05, 0) is 42.2 Å². The van der Waals surface area contributed by atoms with Crippen molar-refractivity contribution in [3.05, 3.63) is 57.6 Å². The topological polar surface area (TPSA) is 68.0 Å². The van der Waals surface area contributed by atoms with Crippen LogP contribution in [0.5, 0.6) is 0 Å². The van der Waals surface area contributed by atoms with Gasteiger partial charge >= 0.3 is 0 Å². The average Bonchev–Trinajstić information content (AvgIpc) is 2.91. The molecular formula is C19H20ClN3OS. The second kappa shape index (κ2) is 7.42. The van der Waals surface area contributed by atoms with E-state index in [0.717, 1.165) is 21.5 Å². The predicted octanol–water partition coefficient (Wildman–Crippen LogP) is 4.63. The number of amides is 1. The van der Waals surface area contributed by atoms with Crippen LogP contribution in [-0.2, 0) is 6.42 Å². The molecule has 2 heterocycles. The highest BCUT2D eigenvalue weighted by atomic mass is 35.5. The van der Waals surface area contributed by atoms with E-state index in [4.69, 9.17) is 17.3 Å². The number of nitrogens with zero attached hydrogens (tertiary/aromatic N) is 1. The number of pyridine rings is 1. The Kier molecular flexibility index (Phi) is 5.25. The summed E-state index contributed by atoms with van der Waals surface area (Å²) in [6.07, 6.45) is 0.715.